The molecule has 0 spiro atoms. The minimum atomic E-state index is -3.51. The van der Waals surface area contributed by atoms with Crippen LogP contribution in [0.15, 0.2) is 11.0 Å². The van der Waals surface area contributed by atoms with Crippen LogP contribution in [0, 0.1) is 33.6 Å². The molecule has 0 heterocycles. The molecule has 2 N–H and O–H groups in total. The molecule has 114 valence electrons. The number of aryl methyl sites for hydroxylation is 2. The second-order valence-corrected chi connectivity index (χ2v) is 7.26. The van der Waals surface area contributed by atoms with E-state index in [0.717, 1.165) is 22.3 Å². The van der Waals surface area contributed by atoms with E-state index in [2.05, 4.69) is 4.72 Å². The van der Waals surface area contributed by atoms with Crippen molar-refractivity contribution < 1.29 is 13.5 Å². The Morgan fingerprint density at radius 2 is 1.65 bits per heavy atom. The fourth-order valence-corrected chi connectivity index (χ4v) is 4.01. The lowest BCUT2D eigenvalue weighted by Gasteiger charge is -2.17. The van der Waals surface area contributed by atoms with E-state index in [1.807, 2.05) is 40.7 Å². The summed E-state index contributed by atoms with van der Waals surface area (Å²) in [6, 6.07) is 2.01. The van der Waals surface area contributed by atoms with Crippen molar-refractivity contribution in [3.8, 4) is 0 Å². The van der Waals surface area contributed by atoms with Crippen LogP contribution in [0.1, 0.15) is 35.6 Å². The van der Waals surface area contributed by atoms with Gasteiger partial charge >= 0.3 is 0 Å². The SMILES string of the molecule is Cc1cc(C)c(C)c(S(=O)(=O)NCC(C)CCO)c1C. The maximum atomic E-state index is 12.5. The fraction of sp³-hybridized carbons (Fsp3) is 0.600. The molecule has 1 rings (SSSR count). The molecule has 0 amide bonds. The summed E-state index contributed by atoms with van der Waals surface area (Å²) < 4.78 is 27.7. The van der Waals surface area contributed by atoms with Crippen LogP contribution in [-0.2, 0) is 10.0 Å². The van der Waals surface area contributed by atoms with E-state index in [0.29, 0.717) is 17.9 Å². The summed E-state index contributed by atoms with van der Waals surface area (Å²) in [5.41, 5.74) is 3.57. The molecule has 4 nitrogen and oxygen atoms in total. The van der Waals surface area contributed by atoms with Crippen molar-refractivity contribution in [1.29, 1.82) is 0 Å². The predicted octanol–water partition coefficient (Wildman–Crippen LogP) is 2.22. The molecule has 0 bridgehead atoms. The zero-order valence-electron chi connectivity index (χ0n) is 12.9. The van der Waals surface area contributed by atoms with Crippen molar-refractivity contribution in [2.24, 2.45) is 5.92 Å². The third kappa shape index (κ3) is 3.81. The van der Waals surface area contributed by atoms with Gasteiger partial charge in [0.15, 0.2) is 0 Å². The summed E-state index contributed by atoms with van der Waals surface area (Å²) >= 11 is 0. The first-order chi connectivity index (χ1) is 9.20. The van der Waals surface area contributed by atoms with Crippen LogP contribution in [0.5, 0.6) is 0 Å². The predicted molar refractivity (Wildman–Crippen MR) is 81.4 cm³/mol. The van der Waals surface area contributed by atoms with Crippen molar-refractivity contribution in [2.75, 3.05) is 13.2 Å². The van der Waals surface area contributed by atoms with Crippen LogP contribution < -0.4 is 4.72 Å². The summed E-state index contributed by atoms with van der Waals surface area (Å²) in [6.07, 6.45) is 0.591. The average Bonchev–Trinajstić information content (AvgIpc) is 2.35. The van der Waals surface area contributed by atoms with E-state index in [1.165, 1.54) is 0 Å². The van der Waals surface area contributed by atoms with Gasteiger partial charge in [-0.3, -0.25) is 0 Å². The van der Waals surface area contributed by atoms with Crippen LogP contribution in [-0.4, -0.2) is 26.7 Å². The van der Waals surface area contributed by atoms with Gasteiger partial charge in [0.05, 0.1) is 4.90 Å². The minimum absolute atomic E-state index is 0.0739. The number of sulfonamides is 1. The Morgan fingerprint density at radius 3 is 2.10 bits per heavy atom. The molecule has 0 saturated heterocycles. The van der Waals surface area contributed by atoms with Gasteiger partial charge in [-0.1, -0.05) is 13.0 Å². The second kappa shape index (κ2) is 6.70. The Hall–Kier alpha value is -0.910. The highest BCUT2D eigenvalue weighted by molar-refractivity contribution is 7.89. The Kier molecular flexibility index (Phi) is 5.74. The van der Waals surface area contributed by atoms with Gasteiger partial charge in [0.1, 0.15) is 0 Å². The van der Waals surface area contributed by atoms with Gasteiger partial charge in [0.25, 0.3) is 0 Å². The lowest BCUT2D eigenvalue weighted by Crippen LogP contribution is -2.30. The van der Waals surface area contributed by atoms with E-state index >= 15 is 0 Å². The van der Waals surface area contributed by atoms with E-state index in [9.17, 15) is 8.42 Å². The Morgan fingerprint density at radius 1 is 1.15 bits per heavy atom. The molecule has 0 aromatic heterocycles. The monoisotopic (exact) mass is 299 g/mol. The third-order valence-electron chi connectivity index (χ3n) is 3.81. The molecule has 0 aliphatic heterocycles. The average molecular weight is 299 g/mol. The number of hydrogen-bond donors (Lipinski definition) is 2. The van der Waals surface area contributed by atoms with E-state index < -0.39 is 10.0 Å². The van der Waals surface area contributed by atoms with Crippen LogP contribution in [0.4, 0.5) is 0 Å². The van der Waals surface area contributed by atoms with Gasteiger partial charge < -0.3 is 5.11 Å². The molecule has 1 unspecified atom stereocenters. The van der Waals surface area contributed by atoms with Crippen LogP contribution in [0.25, 0.3) is 0 Å². The van der Waals surface area contributed by atoms with Crippen molar-refractivity contribution >= 4 is 10.0 Å². The number of benzene rings is 1. The first kappa shape index (κ1) is 17.1. The molecule has 1 aromatic rings. The van der Waals surface area contributed by atoms with Gasteiger partial charge in [-0.05, 0) is 62.3 Å². The van der Waals surface area contributed by atoms with Gasteiger partial charge in [0.2, 0.25) is 10.0 Å². The molecule has 0 aliphatic carbocycles. The summed E-state index contributed by atoms with van der Waals surface area (Å²) in [6.45, 7) is 9.87. The second-order valence-electron chi connectivity index (χ2n) is 5.56. The molecule has 0 radical (unpaired) electrons. The highest BCUT2D eigenvalue weighted by atomic mass is 32.2. The van der Waals surface area contributed by atoms with Gasteiger partial charge in [0, 0.05) is 13.2 Å². The Bertz CT molecular complexity index is 553. The van der Waals surface area contributed by atoms with E-state index in [1.54, 1.807) is 0 Å². The molecular formula is C15H25NO3S. The maximum Gasteiger partial charge on any atom is 0.241 e. The molecule has 5 heteroatoms. The van der Waals surface area contributed by atoms with Gasteiger partial charge in [-0.25, -0.2) is 13.1 Å². The smallest absolute Gasteiger partial charge is 0.241 e. The Balaban J connectivity index is 3.10. The zero-order valence-corrected chi connectivity index (χ0v) is 13.8. The molecule has 0 saturated carbocycles. The number of rotatable bonds is 6. The molecule has 1 atom stereocenters. The van der Waals surface area contributed by atoms with E-state index in [4.69, 9.17) is 5.11 Å². The highest BCUT2D eigenvalue weighted by Gasteiger charge is 2.22. The highest BCUT2D eigenvalue weighted by Crippen LogP contribution is 2.25. The lowest BCUT2D eigenvalue weighted by molar-refractivity contribution is 0.263. The van der Waals surface area contributed by atoms with Gasteiger partial charge in [-0.2, -0.15) is 0 Å². The van der Waals surface area contributed by atoms with Crippen molar-refractivity contribution in [2.45, 2.75) is 45.9 Å². The number of aliphatic hydroxyl groups excluding tert-OH is 1. The normalized spacial score (nSPS) is 13.5. The minimum Gasteiger partial charge on any atom is -0.396 e. The maximum absolute atomic E-state index is 12.5. The number of hydrogen-bond acceptors (Lipinski definition) is 3. The summed E-state index contributed by atoms with van der Waals surface area (Å²) in [5.74, 6) is 0.112. The molecule has 1 aromatic carbocycles. The zero-order chi connectivity index (χ0) is 15.5. The third-order valence-corrected chi connectivity index (χ3v) is 5.51. The van der Waals surface area contributed by atoms with Crippen molar-refractivity contribution in [1.82, 2.24) is 4.72 Å². The first-order valence-electron chi connectivity index (χ1n) is 6.88. The number of aliphatic hydroxyl groups is 1. The van der Waals surface area contributed by atoms with E-state index in [-0.39, 0.29) is 12.5 Å². The first-order valence-corrected chi connectivity index (χ1v) is 8.37. The fourth-order valence-electron chi connectivity index (χ4n) is 2.23. The van der Waals surface area contributed by atoms with Crippen molar-refractivity contribution in [3.63, 3.8) is 0 Å². The Labute approximate surface area is 122 Å². The summed E-state index contributed by atoms with van der Waals surface area (Å²) in [5, 5.41) is 8.87. The molecule has 0 fully saturated rings. The lowest BCUT2D eigenvalue weighted by atomic mass is 10.0. The summed E-state index contributed by atoms with van der Waals surface area (Å²) in [7, 11) is -3.51. The quantitative estimate of drug-likeness (QED) is 0.846. The largest absolute Gasteiger partial charge is 0.396 e. The van der Waals surface area contributed by atoms with Gasteiger partial charge in [-0.15, -0.1) is 0 Å². The van der Waals surface area contributed by atoms with Crippen LogP contribution in [0.3, 0.4) is 0 Å². The molecule has 20 heavy (non-hydrogen) atoms. The summed E-state index contributed by atoms with van der Waals surface area (Å²) in [4.78, 5) is 0.395. The van der Waals surface area contributed by atoms with Crippen molar-refractivity contribution in [3.05, 3.63) is 28.3 Å². The van der Waals surface area contributed by atoms with Crippen LogP contribution in [0.2, 0.25) is 0 Å². The molecule has 0 aliphatic rings. The standard InChI is InChI=1S/C15H25NO3S/c1-10(6-7-17)9-16-20(18,19)15-13(4)11(2)8-12(3)14(15)5/h8,10,16-17H,6-7,9H2,1-5H3. The molecular weight excluding hydrogens is 274 g/mol. The topological polar surface area (TPSA) is 66.4 Å². The number of nitrogens with one attached hydrogen (secondary N) is 1. The van der Waals surface area contributed by atoms with Crippen LogP contribution >= 0.6 is 0 Å².